The molecular weight excluding hydrogens is 292 g/mol. The number of nitrogens with one attached hydrogen (secondary N) is 1. The van der Waals surface area contributed by atoms with Crippen molar-refractivity contribution in [3.8, 4) is 0 Å². The molecule has 0 fully saturated rings. The van der Waals surface area contributed by atoms with E-state index in [2.05, 4.69) is 34.2 Å². The summed E-state index contributed by atoms with van der Waals surface area (Å²) in [6, 6.07) is 13.7. The zero-order valence-electron chi connectivity index (χ0n) is 10.1. The molecule has 0 saturated carbocycles. The Morgan fingerprint density at radius 3 is 2.78 bits per heavy atom. The van der Waals surface area contributed by atoms with Crippen LogP contribution in [0.5, 0.6) is 0 Å². The van der Waals surface area contributed by atoms with Crippen LogP contribution in [-0.4, -0.2) is 0 Å². The number of nitrogens with two attached hydrogens (primary N) is 1. The van der Waals surface area contributed by atoms with Gasteiger partial charge in [0.25, 0.3) is 0 Å². The van der Waals surface area contributed by atoms with Gasteiger partial charge >= 0.3 is 0 Å². The SMILES string of the molecule is Cc1cc(Br)ccc1NCc1cccc([NH2+][O-])c1. The van der Waals surface area contributed by atoms with E-state index in [0.717, 1.165) is 21.2 Å². The summed E-state index contributed by atoms with van der Waals surface area (Å²) in [7, 11) is 0. The molecule has 0 radical (unpaired) electrons. The van der Waals surface area contributed by atoms with Crippen LogP contribution in [0, 0.1) is 12.1 Å². The highest BCUT2D eigenvalue weighted by molar-refractivity contribution is 9.10. The summed E-state index contributed by atoms with van der Waals surface area (Å²) in [5, 5.41) is 14.1. The molecule has 0 aliphatic heterocycles. The third-order valence-electron chi connectivity index (χ3n) is 2.76. The van der Waals surface area contributed by atoms with Gasteiger partial charge in [0.15, 0.2) is 0 Å². The molecule has 0 saturated heterocycles. The Morgan fingerprint density at radius 1 is 1.22 bits per heavy atom. The third-order valence-corrected chi connectivity index (χ3v) is 3.25. The summed E-state index contributed by atoms with van der Waals surface area (Å²) in [6.07, 6.45) is 0. The summed E-state index contributed by atoms with van der Waals surface area (Å²) in [5.41, 5.74) is 4.98. The van der Waals surface area contributed by atoms with E-state index >= 15 is 0 Å². The minimum absolute atomic E-state index is 0.710. The second kappa shape index (κ2) is 6.00. The lowest BCUT2D eigenvalue weighted by atomic mass is 10.1. The molecule has 0 spiro atoms. The number of quaternary nitrogens is 1. The van der Waals surface area contributed by atoms with Crippen LogP contribution in [-0.2, 0) is 6.54 Å². The second-order valence-electron chi connectivity index (χ2n) is 4.18. The summed E-state index contributed by atoms with van der Waals surface area (Å²) in [4.78, 5) is 0. The van der Waals surface area contributed by atoms with Crippen LogP contribution in [0.1, 0.15) is 11.1 Å². The van der Waals surface area contributed by atoms with Gasteiger partial charge < -0.3 is 16.0 Å². The van der Waals surface area contributed by atoms with Crippen LogP contribution in [0.4, 0.5) is 11.4 Å². The van der Waals surface area contributed by atoms with Gasteiger partial charge in [-0.2, -0.15) is 0 Å². The van der Waals surface area contributed by atoms with Crippen molar-refractivity contribution in [3.63, 3.8) is 0 Å². The summed E-state index contributed by atoms with van der Waals surface area (Å²) >= 11 is 3.44. The summed E-state index contributed by atoms with van der Waals surface area (Å²) in [5.74, 6) is 0. The molecule has 0 atom stereocenters. The zero-order chi connectivity index (χ0) is 13.0. The minimum Gasteiger partial charge on any atom is -0.630 e. The molecule has 0 amide bonds. The average molecular weight is 307 g/mol. The van der Waals surface area contributed by atoms with E-state index < -0.39 is 0 Å². The van der Waals surface area contributed by atoms with Crippen molar-refractivity contribution in [1.82, 2.24) is 0 Å². The standard InChI is InChI=1S/C14H15BrN2O/c1-10-7-12(15)5-6-14(10)16-9-11-3-2-4-13(8-11)17-18/h2-8,16H,9,17H2,1H3. The van der Waals surface area contributed by atoms with E-state index in [-0.39, 0.29) is 0 Å². The highest BCUT2D eigenvalue weighted by atomic mass is 79.9. The molecule has 3 nitrogen and oxygen atoms in total. The van der Waals surface area contributed by atoms with Crippen LogP contribution < -0.4 is 10.8 Å². The minimum atomic E-state index is 0.710. The predicted octanol–water partition coefficient (Wildman–Crippen LogP) is 3.06. The number of halogens is 1. The highest BCUT2D eigenvalue weighted by Gasteiger charge is 2.00. The second-order valence-corrected chi connectivity index (χ2v) is 5.09. The molecule has 3 N–H and O–H groups in total. The molecular formula is C14H15BrN2O. The molecule has 2 aromatic rings. The predicted molar refractivity (Wildman–Crippen MR) is 77.6 cm³/mol. The molecule has 94 valence electrons. The third kappa shape index (κ3) is 3.32. The maximum absolute atomic E-state index is 10.7. The fourth-order valence-corrected chi connectivity index (χ4v) is 2.27. The first kappa shape index (κ1) is 13.1. The van der Waals surface area contributed by atoms with Gasteiger partial charge in [0.2, 0.25) is 0 Å². The molecule has 0 aliphatic rings. The number of rotatable bonds is 4. The van der Waals surface area contributed by atoms with E-state index in [1.165, 1.54) is 5.56 Å². The van der Waals surface area contributed by atoms with E-state index in [4.69, 9.17) is 0 Å². The van der Waals surface area contributed by atoms with E-state index in [9.17, 15) is 5.21 Å². The Kier molecular flexibility index (Phi) is 4.36. The van der Waals surface area contributed by atoms with E-state index in [0.29, 0.717) is 12.2 Å². The van der Waals surface area contributed by atoms with Crippen molar-refractivity contribution in [2.45, 2.75) is 13.5 Å². The Labute approximate surface area is 115 Å². The van der Waals surface area contributed by atoms with Gasteiger partial charge in [-0.1, -0.05) is 28.1 Å². The van der Waals surface area contributed by atoms with Crippen LogP contribution in [0.15, 0.2) is 46.9 Å². The molecule has 0 aliphatic carbocycles. The van der Waals surface area contributed by atoms with Crippen LogP contribution >= 0.6 is 15.9 Å². The van der Waals surface area contributed by atoms with Crippen LogP contribution in [0.3, 0.4) is 0 Å². The van der Waals surface area contributed by atoms with Gasteiger partial charge in [0.1, 0.15) is 5.69 Å². The molecule has 2 rings (SSSR count). The summed E-state index contributed by atoms with van der Waals surface area (Å²) in [6.45, 7) is 2.78. The monoisotopic (exact) mass is 306 g/mol. The first-order valence-corrected chi connectivity index (χ1v) is 6.52. The average Bonchev–Trinajstić information content (AvgIpc) is 2.38. The Hall–Kier alpha value is -1.36. The fourth-order valence-electron chi connectivity index (χ4n) is 1.80. The zero-order valence-corrected chi connectivity index (χ0v) is 11.7. The van der Waals surface area contributed by atoms with E-state index in [1.807, 2.05) is 30.3 Å². The largest absolute Gasteiger partial charge is 0.630 e. The van der Waals surface area contributed by atoms with Crippen LogP contribution in [0.2, 0.25) is 0 Å². The van der Waals surface area contributed by atoms with Crippen molar-refractivity contribution < 1.29 is 5.48 Å². The van der Waals surface area contributed by atoms with Crippen molar-refractivity contribution in [2.24, 2.45) is 0 Å². The van der Waals surface area contributed by atoms with Gasteiger partial charge in [-0.25, -0.2) is 0 Å². The molecule has 18 heavy (non-hydrogen) atoms. The number of anilines is 1. The first-order valence-electron chi connectivity index (χ1n) is 5.73. The smallest absolute Gasteiger partial charge is 0.129 e. The lowest BCUT2D eigenvalue weighted by molar-refractivity contribution is -0.497. The molecule has 0 bridgehead atoms. The summed E-state index contributed by atoms with van der Waals surface area (Å²) < 4.78 is 1.08. The van der Waals surface area contributed by atoms with Gasteiger partial charge in [-0.3, -0.25) is 0 Å². The Bertz CT molecular complexity index is 543. The highest BCUT2D eigenvalue weighted by Crippen LogP contribution is 2.20. The van der Waals surface area contributed by atoms with Crippen molar-refractivity contribution in [2.75, 3.05) is 5.32 Å². The van der Waals surface area contributed by atoms with Crippen molar-refractivity contribution in [3.05, 3.63) is 63.3 Å². The lowest BCUT2D eigenvalue weighted by Crippen LogP contribution is -2.70. The Balaban J connectivity index is 2.06. The first-order chi connectivity index (χ1) is 8.69. The molecule has 0 aromatic heterocycles. The van der Waals surface area contributed by atoms with Gasteiger partial charge in [-0.05, 0) is 42.3 Å². The molecule has 0 heterocycles. The quantitative estimate of drug-likeness (QED) is 0.674. The maximum atomic E-state index is 10.7. The number of aryl methyl sites for hydroxylation is 1. The molecule has 0 unspecified atom stereocenters. The molecule has 4 heteroatoms. The van der Waals surface area contributed by atoms with Crippen LogP contribution in [0.25, 0.3) is 0 Å². The lowest BCUT2D eigenvalue weighted by Gasteiger charge is -2.10. The number of hydrogen-bond acceptors (Lipinski definition) is 2. The number of benzene rings is 2. The van der Waals surface area contributed by atoms with Crippen molar-refractivity contribution in [1.29, 1.82) is 0 Å². The normalized spacial score (nSPS) is 10.4. The van der Waals surface area contributed by atoms with Crippen molar-refractivity contribution >= 4 is 27.3 Å². The topological polar surface area (TPSA) is 51.7 Å². The van der Waals surface area contributed by atoms with Gasteiger partial charge in [0, 0.05) is 22.8 Å². The van der Waals surface area contributed by atoms with Gasteiger partial charge in [-0.15, -0.1) is 0 Å². The molecule has 2 aromatic carbocycles. The fraction of sp³-hybridized carbons (Fsp3) is 0.143. The van der Waals surface area contributed by atoms with E-state index in [1.54, 1.807) is 6.07 Å². The number of hydrogen-bond donors (Lipinski definition) is 2. The van der Waals surface area contributed by atoms with Gasteiger partial charge in [0.05, 0.1) is 0 Å². The maximum Gasteiger partial charge on any atom is 0.129 e. The Morgan fingerprint density at radius 2 is 2.06 bits per heavy atom.